The molecule has 4 nitrogen and oxygen atoms in total. The number of aromatic nitrogens is 3. The predicted octanol–water partition coefficient (Wildman–Crippen LogP) is 13.4. The molecule has 0 amide bonds. The average Bonchev–Trinajstić information content (AvgIpc) is 3.77. The van der Waals surface area contributed by atoms with Gasteiger partial charge in [0.05, 0.1) is 22.1 Å². The fourth-order valence-electron chi connectivity index (χ4n) is 8.59. The van der Waals surface area contributed by atoms with Crippen LogP contribution < -0.4 is 0 Å². The van der Waals surface area contributed by atoms with Gasteiger partial charge in [-0.15, -0.1) is 0 Å². The maximum Gasteiger partial charge on any atom is 0.165 e. The van der Waals surface area contributed by atoms with E-state index < -0.39 is 0 Å². The van der Waals surface area contributed by atoms with Crippen LogP contribution >= 0.6 is 0 Å². The molecule has 3 heterocycles. The van der Waals surface area contributed by atoms with Crippen molar-refractivity contribution in [3.63, 3.8) is 0 Å². The molecule has 0 spiro atoms. The number of fused-ring (bicyclic) bond motifs is 11. The Kier molecular flexibility index (Phi) is 6.02. The second-order valence-corrected chi connectivity index (χ2v) is 14.2. The number of para-hydroxylation sites is 3. The van der Waals surface area contributed by atoms with Crippen LogP contribution in [-0.2, 0) is 0 Å². The smallest absolute Gasteiger partial charge is 0.165 e. The lowest BCUT2D eigenvalue weighted by molar-refractivity contribution is 0.669. The molecule has 3 aromatic heterocycles. The Balaban J connectivity index is 1.20. The Hall–Kier alpha value is -7.30. The zero-order chi connectivity index (χ0) is 35.3. The first-order valence-electron chi connectivity index (χ1n) is 18.3. The van der Waals surface area contributed by atoms with Gasteiger partial charge >= 0.3 is 0 Å². The average molecular weight is 688 g/mol. The molecule has 0 aliphatic heterocycles. The third-order valence-electron chi connectivity index (χ3n) is 11.1. The lowest BCUT2D eigenvalue weighted by atomic mass is 9.99. The summed E-state index contributed by atoms with van der Waals surface area (Å²) < 4.78 is 8.95. The lowest BCUT2D eigenvalue weighted by Crippen LogP contribution is -2.04. The van der Waals surface area contributed by atoms with E-state index in [9.17, 15) is 0 Å². The van der Waals surface area contributed by atoms with Gasteiger partial charge in [-0.1, -0.05) is 127 Å². The zero-order valence-electron chi connectivity index (χ0n) is 29.0. The van der Waals surface area contributed by atoms with Crippen molar-refractivity contribution >= 4 is 87.1 Å². The van der Waals surface area contributed by atoms with Gasteiger partial charge < -0.3 is 4.42 Å². The quantitative estimate of drug-likeness (QED) is 0.186. The fourth-order valence-corrected chi connectivity index (χ4v) is 8.59. The molecule has 0 bridgehead atoms. The van der Waals surface area contributed by atoms with Crippen LogP contribution in [0.1, 0.15) is 0 Å². The first kappa shape index (κ1) is 29.3. The Bertz CT molecular complexity index is 3520. The number of benzene rings is 9. The van der Waals surface area contributed by atoms with Crippen molar-refractivity contribution < 1.29 is 4.42 Å². The van der Waals surface area contributed by atoms with E-state index in [4.69, 9.17) is 14.4 Å². The second kappa shape index (κ2) is 11.1. The van der Waals surface area contributed by atoms with Crippen molar-refractivity contribution in [3.05, 3.63) is 176 Å². The molecule has 0 unspecified atom stereocenters. The number of furan rings is 1. The summed E-state index contributed by atoms with van der Waals surface area (Å²) in [6.07, 6.45) is 0. The van der Waals surface area contributed by atoms with Gasteiger partial charge in [-0.25, -0.2) is 9.97 Å². The minimum absolute atomic E-state index is 0.794. The molecule has 250 valence electrons. The number of nitrogens with zero attached hydrogens (tertiary/aromatic N) is 3. The monoisotopic (exact) mass is 687 g/mol. The highest BCUT2D eigenvalue weighted by molar-refractivity contribution is 6.20. The standard InChI is InChI=1S/C50H29N3O/c1-2-12-32-26-36(21-20-30(32)10-1)48-50(52-43-19-8-7-18-42(43)51-48)53-44-28-34-14-4-3-13-33(34)27-41(44)39-17-9-16-38(49(39)53)35-22-24-40-46(29-35)54-45-25-23-31-11-5-6-15-37(31)47(40)45/h1-29H. The SMILES string of the molecule is c1ccc2cc(-c3nc4ccccc4nc3-n3c4cc5ccccc5cc4c4cccc(-c5ccc6c(c5)oc5ccc7ccccc7c56)c43)ccc2c1. The highest BCUT2D eigenvalue weighted by atomic mass is 16.3. The Morgan fingerprint density at radius 1 is 0.407 bits per heavy atom. The van der Waals surface area contributed by atoms with Crippen molar-refractivity contribution in [1.29, 1.82) is 0 Å². The van der Waals surface area contributed by atoms with Gasteiger partial charge in [0.25, 0.3) is 0 Å². The Morgan fingerprint density at radius 2 is 1.07 bits per heavy atom. The topological polar surface area (TPSA) is 43.9 Å². The van der Waals surface area contributed by atoms with E-state index in [1.807, 2.05) is 18.2 Å². The minimum Gasteiger partial charge on any atom is -0.456 e. The van der Waals surface area contributed by atoms with Gasteiger partial charge in [0.2, 0.25) is 0 Å². The largest absolute Gasteiger partial charge is 0.456 e. The minimum atomic E-state index is 0.794. The van der Waals surface area contributed by atoms with Crippen molar-refractivity contribution in [2.45, 2.75) is 0 Å². The molecule has 0 N–H and O–H groups in total. The molecular formula is C50H29N3O. The normalized spacial score (nSPS) is 12.1. The van der Waals surface area contributed by atoms with Crippen LogP contribution in [-0.4, -0.2) is 14.5 Å². The molecule has 0 saturated carbocycles. The summed E-state index contributed by atoms with van der Waals surface area (Å²) in [4.78, 5) is 10.9. The molecule has 0 aliphatic carbocycles. The molecule has 0 saturated heterocycles. The first-order chi connectivity index (χ1) is 26.7. The molecule has 4 heteroatoms. The van der Waals surface area contributed by atoms with Crippen LogP contribution in [0.2, 0.25) is 0 Å². The van der Waals surface area contributed by atoms with Crippen molar-refractivity contribution in [1.82, 2.24) is 14.5 Å². The second-order valence-electron chi connectivity index (χ2n) is 14.2. The maximum absolute atomic E-state index is 6.59. The van der Waals surface area contributed by atoms with Crippen LogP contribution in [0.5, 0.6) is 0 Å². The summed E-state index contributed by atoms with van der Waals surface area (Å²) in [5.74, 6) is 0.794. The van der Waals surface area contributed by atoms with Crippen LogP contribution in [0, 0.1) is 0 Å². The molecule has 9 aromatic carbocycles. The predicted molar refractivity (Wildman–Crippen MR) is 225 cm³/mol. The van der Waals surface area contributed by atoms with Gasteiger partial charge in [0.1, 0.15) is 16.9 Å². The van der Waals surface area contributed by atoms with E-state index in [1.165, 1.54) is 32.3 Å². The molecule has 54 heavy (non-hydrogen) atoms. The fraction of sp³-hybridized carbons (Fsp3) is 0. The number of hydrogen-bond acceptors (Lipinski definition) is 3. The Morgan fingerprint density at radius 3 is 1.93 bits per heavy atom. The molecular weight excluding hydrogens is 659 g/mol. The van der Waals surface area contributed by atoms with Crippen molar-refractivity contribution in [2.75, 3.05) is 0 Å². The Labute approximate surface area is 309 Å². The summed E-state index contributed by atoms with van der Waals surface area (Å²) in [5.41, 5.74) is 9.66. The van der Waals surface area contributed by atoms with E-state index in [0.29, 0.717) is 0 Å². The molecule has 0 aliphatic rings. The van der Waals surface area contributed by atoms with E-state index in [0.717, 1.165) is 83.0 Å². The molecule has 0 atom stereocenters. The van der Waals surface area contributed by atoms with Crippen molar-refractivity contribution in [2.24, 2.45) is 0 Å². The van der Waals surface area contributed by atoms with E-state index >= 15 is 0 Å². The zero-order valence-corrected chi connectivity index (χ0v) is 29.0. The van der Waals surface area contributed by atoms with Crippen molar-refractivity contribution in [3.8, 4) is 28.2 Å². The summed E-state index contributed by atoms with van der Waals surface area (Å²) in [7, 11) is 0. The molecule has 12 rings (SSSR count). The number of rotatable bonds is 3. The van der Waals surface area contributed by atoms with Gasteiger partial charge in [-0.3, -0.25) is 4.57 Å². The van der Waals surface area contributed by atoms with E-state index in [2.05, 4.69) is 162 Å². The summed E-state index contributed by atoms with van der Waals surface area (Å²) in [6.45, 7) is 0. The highest BCUT2D eigenvalue weighted by Crippen LogP contribution is 2.43. The van der Waals surface area contributed by atoms with Gasteiger partial charge in [-0.2, -0.15) is 0 Å². The molecule has 12 aromatic rings. The van der Waals surface area contributed by atoms with Gasteiger partial charge in [0, 0.05) is 32.7 Å². The summed E-state index contributed by atoms with van der Waals surface area (Å²) in [5, 5.41) is 11.7. The van der Waals surface area contributed by atoms with Gasteiger partial charge in [0.15, 0.2) is 5.82 Å². The third-order valence-corrected chi connectivity index (χ3v) is 11.1. The van der Waals surface area contributed by atoms with Crippen LogP contribution in [0.3, 0.4) is 0 Å². The maximum atomic E-state index is 6.59. The molecule has 0 fully saturated rings. The first-order valence-corrected chi connectivity index (χ1v) is 18.3. The third kappa shape index (κ3) is 4.25. The van der Waals surface area contributed by atoms with E-state index in [-0.39, 0.29) is 0 Å². The summed E-state index contributed by atoms with van der Waals surface area (Å²) in [6, 6.07) is 62.5. The van der Waals surface area contributed by atoms with Gasteiger partial charge in [-0.05, 0) is 86.4 Å². The lowest BCUT2D eigenvalue weighted by Gasteiger charge is -2.16. The van der Waals surface area contributed by atoms with Crippen LogP contribution in [0.4, 0.5) is 0 Å². The highest BCUT2D eigenvalue weighted by Gasteiger charge is 2.23. The van der Waals surface area contributed by atoms with Crippen LogP contribution in [0.25, 0.3) is 115 Å². The molecule has 0 radical (unpaired) electrons. The van der Waals surface area contributed by atoms with Crippen LogP contribution in [0.15, 0.2) is 180 Å². The van der Waals surface area contributed by atoms with E-state index in [1.54, 1.807) is 0 Å². The summed E-state index contributed by atoms with van der Waals surface area (Å²) >= 11 is 0. The number of hydrogen-bond donors (Lipinski definition) is 0.